The molecule has 0 aromatic carbocycles. The van der Waals surface area contributed by atoms with Crippen molar-refractivity contribution in [2.45, 2.75) is 45.7 Å². The van der Waals surface area contributed by atoms with E-state index in [-0.39, 0.29) is 18.5 Å². The minimum Gasteiger partial charge on any atom is -0.480 e. The molecule has 0 aromatic rings. The molecule has 0 aliphatic rings. The number of carboxylic acid groups (broad SMARTS) is 1. The van der Waals surface area contributed by atoms with Crippen molar-refractivity contribution < 1.29 is 14.7 Å². The first kappa shape index (κ1) is 14.9. The Bertz CT molecular complexity index is 264. The second-order valence-electron chi connectivity index (χ2n) is 4.60. The van der Waals surface area contributed by atoms with Gasteiger partial charge in [0.1, 0.15) is 5.54 Å². The van der Waals surface area contributed by atoms with E-state index >= 15 is 0 Å². The number of hydrogen-bond acceptors (Lipinski definition) is 3. The van der Waals surface area contributed by atoms with E-state index in [0.29, 0.717) is 0 Å². The molecule has 0 bridgehead atoms. The highest BCUT2D eigenvalue weighted by Crippen LogP contribution is 2.11. The molecule has 0 aliphatic heterocycles. The molecular formula is C11H22N2O3. The first-order valence-electron chi connectivity index (χ1n) is 5.45. The van der Waals surface area contributed by atoms with E-state index in [4.69, 9.17) is 5.11 Å². The summed E-state index contributed by atoms with van der Waals surface area (Å²) in [5.74, 6) is -1.09. The van der Waals surface area contributed by atoms with Gasteiger partial charge in [0.2, 0.25) is 5.91 Å². The summed E-state index contributed by atoms with van der Waals surface area (Å²) in [5, 5.41) is 11.8. The normalized spacial score (nSPS) is 13.6. The highest BCUT2D eigenvalue weighted by molar-refractivity contribution is 5.81. The van der Waals surface area contributed by atoms with Crippen LogP contribution < -0.4 is 5.32 Å². The third-order valence-corrected chi connectivity index (χ3v) is 2.88. The summed E-state index contributed by atoms with van der Waals surface area (Å²) in [6.45, 7) is 7.14. The van der Waals surface area contributed by atoms with Gasteiger partial charge in [-0.25, -0.2) is 0 Å². The number of carboxylic acids is 1. The lowest BCUT2D eigenvalue weighted by molar-refractivity contribution is -0.149. The Morgan fingerprint density at radius 3 is 2.31 bits per heavy atom. The molecule has 1 amide bonds. The first-order valence-corrected chi connectivity index (χ1v) is 5.45. The highest BCUT2D eigenvalue weighted by atomic mass is 16.4. The average Bonchev–Trinajstić information content (AvgIpc) is 2.16. The number of nitrogens with one attached hydrogen (secondary N) is 1. The molecule has 0 fully saturated rings. The van der Waals surface area contributed by atoms with Crippen molar-refractivity contribution in [3.8, 4) is 0 Å². The number of nitrogens with zero attached hydrogens (tertiary/aromatic N) is 1. The van der Waals surface area contributed by atoms with Crippen LogP contribution in [0.15, 0.2) is 0 Å². The molecule has 0 rings (SSSR count). The Balaban J connectivity index is 4.29. The van der Waals surface area contributed by atoms with Crippen LogP contribution in [0.2, 0.25) is 0 Å². The SMILES string of the molecule is CCC(C)NC(=O)CN(C)C(C)(C)C(=O)O. The zero-order valence-corrected chi connectivity index (χ0v) is 10.7. The molecule has 5 heteroatoms. The molecule has 94 valence electrons. The monoisotopic (exact) mass is 230 g/mol. The van der Waals surface area contributed by atoms with Crippen molar-refractivity contribution in [2.24, 2.45) is 0 Å². The number of hydrogen-bond donors (Lipinski definition) is 2. The molecule has 16 heavy (non-hydrogen) atoms. The minimum atomic E-state index is -1.03. The van der Waals surface area contributed by atoms with Crippen LogP contribution in [0, 0.1) is 0 Å². The molecule has 0 radical (unpaired) electrons. The third kappa shape index (κ3) is 4.18. The van der Waals surface area contributed by atoms with Gasteiger partial charge < -0.3 is 10.4 Å². The fraction of sp³-hybridized carbons (Fsp3) is 0.818. The summed E-state index contributed by atoms with van der Waals surface area (Å²) >= 11 is 0. The molecule has 0 aromatic heterocycles. The smallest absolute Gasteiger partial charge is 0.323 e. The number of amides is 1. The molecular weight excluding hydrogens is 208 g/mol. The number of carbonyl (C=O) groups excluding carboxylic acids is 1. The lowest BCUT2D eigenvalue weighted by Gasteiger charge is -2.31. The average molecular weight is 230 g/mol. The van der Waals surface area contributed by atoms with Gasteiger partial charge in [-0.3, -0.25) is 14.5 Å². The van der Waals surface area contributed by atoms with Gasteiger partial charge in [-0.15, -0.1) is 0 Å². The lowest BCUT2D eigenvalue weighted by Crippen LogP contribution is -2.52. The highest BCUT2D eigenvalue weighted by Gasteiger charge is 2.32. The summed E-state index contributed by atoms with van der Waals surface area (Å²) in [4.78, 5) is 24.0. The number of aliphatic carboxylic acids is 1. The van der Waals surface area contributed by atoms with Crippen molar-refractivity contribution in [1.29, 1.82) is 0 Å². The molecule has 1 unspecified atom stereocenters. The second kappa shape index (κ2) is 5.84. The van der Waals surface area contributed by atoms with Gasteiger partial charge in [-0.1, -0.05) is 6.92 Å². The van der Waals surface area contributed by atoms with Crippen LogP contribution in [0.1, 0.15) is 34.1 Å². The second-order valence-corrected chi connectivity index (χ2v) is 4.60. The van der Waals surface area contributed by atoms with E-state index < -0.39 is 11.5 Å². The van der Waals surface area contributed by atoms with E-state index in [2.05, 4.69) is 5.32 Å². The van der Waals surface area contributed by atoms with Gasteiger partial charge >= 0.3 is 5.97 Å². The van der Waals surface area contributed by atoms with Crippen LogP contribution >= 0.6 is 0 Å². The summed E-state index contributed by atoms with van der Waals surface area (Å²) < 4.78 is 0. The van der Waals surface area contributed by atoms with Crippen molar-refractivity contribution in [3.63, 3.8) is 0 Å². The van der Waals surface area contributed by atoms with Crippen LogP contribution in [-0.4, -0.2) is 47.1 Å². The standard InChI is InChI=1S/C11H22N2O3/c1-6-8(2)12-9(14)7-13(5)11(3,4)10(15)16/h8H,6-7H2,1-5H3,(H,12,14)(H,15,16). The maximum atomic E-state index is 11.5. The minimum absolute atomic E-state index is 0.0869. The predicted molar refractivity (Wildman–Crippen MR) is 62.2 cm³/mol. The van der Waals surface area contributed by atoms with Gasteiger partial charge in [-0.05, 0) is 34.2 Å². The Labute approximate surface area is 96.8 Å². The largest absolute Gasteiger partial charge is 0.480 e. The topological polar surface area (TPSA) is 69.6 Å². The summed E-state index contributed by atoms with van der Waals surface area (Å²) in [5.41, 5.74) is -1.03. The number of rotatable bonds is 6. The quantitative estimate of drug-likeness (QED) is 0.704. The molecule has 0 spiro atoms. The van der Waals surface area contributed by atoms with Crippen molar-refractivity contribution in [3.05, 3.63) is 0 Å². The zero-order chi connectivity index (χ0) is 12.9. The fourth-order valence-corrected chi connectivity index (χ4v) is 0.999. The summed E-state index contributed by atoms with van der Waals surface area (Å²) in [7, 11) is 1.63. The number of carbonyl (C=O) groups is 2. The Kier molecular flexibility index (Phi) is 5.44. The van der Waals surface area contributed by atoms with Crippen molar-refractivity contribution >= 4 is 11.9 Å². The summed E-state index contributed by atoms with van der Waals surface area (Å²) in [6, 6.07) is 0.119. The van der Waals surface area contributed by atoms with Crippen LogP contribution in [0.25, 0.3) is 0 Å². The fourth-order valence-electron chi connectivity index (χ4n) is 0.999. The van der Waals surface area contributed by atoms with Crippen LogP contribution in [0.3, 0.4) is 0 Å². The maximum absolute atomic E-state index is 11.5. The summed E-state index contributed by atoms with van der Waals surface area (Å²) in [6.07, 6.45) is 0.859. The van der Waals surface area contributed by atoms with Crippen LogP contribution in [0.5, 0.6) is 0 Å². The van der Waals surface area contributed by atoms with Gasteiger partial charge in [0.05, 0.1) is 6.54 Å². The van der Waals surface area contributed by atoms with Gasteiger partial charge in [0, 0.05) is 6.04 Å². The van der Waals surface area contributed by atoms with Gasteiger partial charge in [-0.2, -0.15) is 0 Å². The van der Waals surface area contributed by atoms with E-state index in [9.17, 15) is 9.59 Å². The van der Waals surface area contributed by atoms with Gasteiger partial charge in [0.15, 0.2) is 0 Å². The maximum Gasteiger partial charge on any atom is 0.323 e. The van der Waals surface area contributed by atoms with E-state index in [1.807, 2.05) is 13.8 Å². The molecule has 5 nitrogen and oxygen atoms in total. The molecule has 2 N–H and O–H groups in total. The molecule has 1 atom stereocenters. The Morgan fingerprint density at radius 2 is 1.94 bits per heavy atom. The molecule has 0 saturated carbocycles. The number of likely N-dealkylation sites (N-methyl/N-ethyl adjacent to an activating group) is 1. The predicted octanol–water partition coefficient (Wildman–Crippen LogP) is 0.696. The first-order chi connectivity index (χ1) is 7.21. The third-order valence-electron chi connectivity index (χ3n) is 2.88. The van der Waals surface area contributed by atoms with E-state index in [1.54, 1.807) is 20.9 Å². The van der Waals surface area contributed by atoms with Crippen molar-refractivity contribution in [1.82, 2.24) is 10.2 Å². The molecule has 0 saturated heterocycles. The van der Waals surface area contributed by atoms with Crippen molar-refractivity contribution in [2.75, 3.05) is 13.6 Å². The Hall–Kier alpha value is -1.10. The molecule has 0 aliphatic carbocycles. The zero-order valence-electron chi connectivity index (χ0n) is 10.7. The van der Waals surface area contributed by atoms with E-state index in [1.165, 1.54) is 4.90 Å². The Morgan fingerprint density at radius 1 is 1.44 bits per heavy atom. The lowest BCUT2D eigenvalue weighted by atomic mass is 10.0. The molecule has 0 heterocycles. The van der Waals surface area contributed by atoms with Crippen LogP contribution in [-0.2, 0) is 9.59 Å². The van der Waals surface area contributed by atoms with E-state index in [0.717, 1.165) is 6.42 Å². The van der Waals surface area contributed by atoms with Crippen LogP contribution in [0.4, 0.5) is 0 Å². The van der Waals surface area contributed by atoms with Gasteiger partial charge in [0.25, 0.3) is 0 Å².